The fourth-order valence-corrected chi connectivity index (χ4v) is 7.03. The Morgan fingerprint density at radius 3 is 1.92 bits per heavy atom. The molecule has 4 nitrogen and oxygen atoms in total. The van der Waals surface area contributed by atoms with E-state index in [9.17, 15) is 9.59 Å². The summed E-state index contributed by atoms with van der Waals surface area (Å²) in [5.41, 5.74) is 7.24. The Labute approximate surface area is 288 Å². The van der Waals surface area contributed by atoms with Crippen molar-refractivity contribution in [3.05, 3.63) is 130 Å². The molecule has 0 aliphatic carbocycles. The van der Waals surface area contributed by atoms with E-state index >= 15 is 0 Å². The smallest absolute Gasteiger partial charge is 0.261 e. The number of amides is 2. The summed E-state index contributed by atoms with van der Waals surface area (Å²) < 4.78 is 2.40. The second-order valence-electron chi connectivity index (χ2n) is 12.9. The van der Waals surface area contributed by atoms with Crippen LogP contribution >= 0.6 is 0 Å². The van der Waals surface area contributed by atoms with Crippen LogP contribution in [0.25, 0.3) is 32.6 Å². The largest absolute Gasteiger partial charge is 0.340 e. The minimum Gasteiger partial charge on any atom is -0.340 e. The van der Waals surface area contributed by atoms with Crippen molar-refractivity contribution in [2.45, 2.75) is 65.3 Å². The van der Waals surface area contributed by atoms with E-state index in [2.05, 4.69) is 84.6 Å². The molecule has 0 saturated heterocycles. The average molecular weight is 641 g/mol. The molecule has 7 rings (SSSR count). The standard InChI is InChI=1S/C45H40N2O2/c1-3-5-6-7-8-11-30-47-44(48)38-15-12-14-36-35(26-27-39(43(36)38)45(47)49)25-23-33-19-17-32(18-20-33)21-22-34-24-28-42-40(31-34)37-13-9-10-16-41(37)46(42)29-4-2/h9-10,12-20,24,26-28,31H,3-8,11,29-30H2,1-2H3. The van der Waals surface area contributed by atoms with E-state index < -0.39 is 0 Å². The number of aryl methyl sites for hydroxylation is 1. The van der Waals surface area contributed by atoms with Crippen LogP contribution in [0.3, 0.4) is 0 Å². The van der Waals surface area contributed by atoms with Gasteiger partial charge in [0.25, 0.3) is 11.8 Å². The summed E-state index contributed by atoms with van der Waals surface area (Å²) in [6, 6.07) is 32.4. The Morgan fingerprint density at radius 2 is 1.14 bits per heavy atom. The molecule has 0 bridgehead atoms. The number of benzene rings is 5. The maximum absolute atomic E-state index is 13.4. The summed E-state index contributed by atoms with van der Waals surface area (Å²) >= 11 is 0. The van der Waals surface area contributed by atoms with Gasteiger partial charge in [-0.2, -0.15) is 0 Å². The molecular formula is C45H40N2O2. The Bertz CT molecular complexity index is 2320. The van der Waals surface area contributed by atoms with E-state index in [0.717, 1.165) is 59.9 Å². The van der Waals surface area contributed by atoms with Crippen molar-refractivity contribution in [2.24, 2.45) is 0 Å². The molecule has 1 aromatic heterocycles. The molecule has 0 unspecified atom stereocenters. The van der Waals surface area contributed by atoms with Crippen LogP contribution in [0.2, 0.25) is 0 Å². The van der Waals surface area contributed by atoms with E-state index in [0.29, 0.717) is 23.1 Å². The molecule has 1 aliphatic rings. The van der Waals surface area contributed by atoms with Crippen molar-refractivity contribution in [3.63, 3.8) is 0 Å². The molecule has 5 aromatic carbocycles. The van der Waals surface area contributed by atoms with Gasteiger partial charge in [0, 0.05) is 73.7 Å². The highest BCUT2D eigenvalue weighted by Crippen LogP contribution is 2.33. The van der Waals surface area contributed by atoms with E-state index in [4.69, 9.17) is 0 Å². The third-order valence-electron chi connectivity index (χ3n) is 9.52. The van der Waals surface area contributed by atoms with Gasteiger partial charge >= 0.3 is 0 Å². The molecule has 6 aromatic rings. The van der Waals surface area contributed by atoms with Gasteiger partial charge in [-0.25, -0.2) is 0 Å². The average Bonchev–Trinajstić information content (AvgIpc) is 3.44. The van der Waals surface area contributed by atoms with Gasteiger partial charge in [0.1, 0.15) is 0 Å². The molecule has 4 heteroatoms. The second kappa shape index (κ2) is 14.3. The highest BCUT2D eigenvalue weighted by Gasteiger charge is 2.32. The molecular weight excluding hydrogens is 601 g/mol. The number of rotatable bonds is 9. The van der Waals surface area contributed by atoms with Gasteiger partial charge in [-0.15, -0.1) is 0 Å². The lowest BCUT2D eigenvalue weighted by atomic mass is 9.91. The van der Waals surface area contributed by atoms with E-state index in [1.807, 2.05) is 54.6 Å². The van der Waals surface area contributed by atoms with Crippen LogP contribution in [-0.4, -0.2) is 27.8 Å². The van der Waals surface area contributed by atoms with Crippen LogP contribution in [0, 0.1) is 23.7 Å². The van der Waals surface area contributed by atoms with Crippen LogP contribution in [0.1, 0.15) is 102 Å². The van der Waals surface area contributed by atoms with Gasteiger partial charge < -0.3 is 4.57 Å². The maximum Gasteiger partial charge on any atom is 0.261 e. The highest BCUT2D eigenvalue weighted by molar-refractivity contribution is 6.26. The predicted octanol–water partition coefficient (Wildman–Crippen LogP) is 10.1. The number of unbranched alkanes of at least 4 members (excludes halogenated alkanes) is 5. The lowest BCUT2D eigenvalue weighted by Crippen LogP contribution is -2.40. The Kier molecular flexibility index (Phi) is 9.31. The highest BCUT2D eigenvalue weighted by atomic mass is 16.2. The fraction of sp³-hybridized carbons (Fsp3) is 0.244. The normalized spacial score (nSPS) is 12.3. The Morgan fingerprint density at radius 1 is 0.510 bits per heavy atom. The van der Waals surface area contributed by atoms with E-state index in [1.165, 1.54) is 46.0 Å². The third-order valence-corrected chi connectivity index (χ3v) is 9.52. The number of carbonyl (C=O) groups is 2. The van der Waals surface area contributed by atoms with Crippen molar-refractivity contribution in [3.8, 4) is 23.7 Å². The molecule has 2 amide bonds. The Hall–Kier alpha value is -5.58. The van der Waals surface area contributed by atoms with E-state index in [-0.39, 0.29) is 11.8 Å². The van der Waals surface area contributed by atoms with E-state index in [1.54, 1.807) is 0 Å². The minimum absolute atomic E-state index is 0.207. The second-order valence-corrected chi connectivity index (χ2v) is 12.9. The molecule has 0 atom stereocenters. The fourth-order valence-electron chi connectivity index (χ4n) is 7.03. The quantitative estimate of drug-likeness (QED) is 0.0897. The van der Waals surface area contributed by atoms with Crippen LogP contribution in [-0.2, 0) is 6.54 Å². The zero-order valence-corrected chi connectivity index (χ0v) is 28.3. The minimum atomic E-state index is -0.207. The monoisotopic (exact) mass is 640 g/mol. The summed E-state index contributed by atoms with van der Waals surface area (Å²) in [5, 5.41) is 4.04. The van der Waals surface area contributed by atoms with Gasteiger partial charge in [-0.1, -0.05) is 100.0 Å². The molecule has 2 heterocycles. The number of carbonyl (C=O) groups excluding carboxylic acids is 2. The number of para-hydroxylation sites is 1. The summed E-state index contributed by atoms with van der Waals surface area (Å²) in [6.45, 7) is 5.86. The first-order chi connectivity index (χ1) is 24.1. The lowest BCUT2D eigenvalue weighted by molar-refractivity contribution is 0.0607. The number of fused-ring (bicyclic) bond motifs is 3. The number of aromatic nitrogens is 1. The van der Waals surface area contributed by atoms with Crippen molar-refractivity contribution in [2.75, 3.05) is 6.54 Å². The topological polar surface area (TPSA) is 42.3 Å². The molecule has 242 valence electrons. The predicted molar refractivity (Wildman–Crippen MR) is 201 cm³/mol. The SMILES string of the molecule is CCCCCCCCN1C(=O)c2cccc3c(C#Cc4ccc(C#Cc5ccc6c(c5)c5ccccc5n6CCC)cc4)ccc(c23)C1=O. The Balaban J connectivity index is 1.09. The molecule has 0 fully saturated rings. The van der Waals surface area contributed by atoms with Crippen LogP contribution in [0.4, 0.5) is 0 Å². The molecule has 0 saturated carbocycles. The number of hydrogen-bond acceptors (Lipinski definition) is 2. The molecule has 0 spiro atoms. The molecule has 0 radical (unpaired) electrons. The zero-order valence-electron chi connectivity index (χ0n) is 28.3. The van der Waals surface area contributed by atoms with Crippen LogP contribution in [0.5, 0.6) is 0 Å². The number of imide groups is 1. The summed E-state index contributed by atoms with van der Waals surface area (Å²) in [7, 11) is 0. The van der Waals surface area contributed by atoms with Gasteiger partial charge in [0.2, 0.25) is 0 Å². The lowest BCUT2D eigenvalue weighted by Gasteiger charge is -2.27. The van der Waals surface area contributed by atoms with Crippen LogP contribution < -0.4 is 0 Å². The first-order valence-electron chi connectivity index (χ1n) is 17.6. The zero-order chi connectivity index (χ0) is 33.7. The summed E-state index contributed by atoms with van der Waals surface area (Å²) in [4.78, 5) is 28.3. The number of nitrogens with zero attached hydrogens (tertiary/aromatic N) is 2. The van der Waals surface area contributed by atoms with Gasteiger partial charge in [0.05, 0.1) is 0 Å². The van der Waals surface area contributed by atoms with Gasteiger partial charge in [-0.05, 0) is 85.0 Å². The first kappa shape index (κ1) is 32.0. The number of hydrogen-bond donors (Lipinski definition) is 0. The summed E-state index contributed by atoms with van der Waals surface area (Å²) in [6.07, 6.45) is 7.71. The molecule has 49 heavy (non-hydrogen) atoms. The summed E-state index contributed by atoms with van der Waals surface area (Å²) in [5.74, 6) is 12.8. The van der Waals surface area contributed by atoms with Crippen molar-refractivity contribution in [1.82, 2.24) is 9.47 Å². The van der Waals surface area contributed by atoms with Gasteiger partial charge in [0.15, 0.2) is 0 Å². The van der Waals surface area contributed by atoms with Crippen molar-refractivity contribution in [1.29, 1.82) is 0 Å². The molecule has 0 N–H and O–H groups in total. The molecule has 1 aliphatic heterocycles. The van der Waals surface area contributed by atoms with Crippen molar-refractivity contribution >= 4 is 44.4 Å². The van der Waals surface area contributed by atoms with Gasteiger partial charge in [-0.3, -0.25) is 14.5 Å². The maximum atomic E-state index is 13.4. The third kappa shape index (κ3) is 6.36. The van der Waals surface area contributed by atoms with Crippen LogP contribution in [0.15, 0.2) is 97.1 Å². The van der Waals surface area contributed by atoms with Crippen molar-refractivity contribution < 1.29 is 9.59 Å². The first-order valence-corrected chi connectivity index (χ1v) is 17.6.